The van der Waals surface area contributed by atoms with Gasteiger partial charge in [-0.2, -0.15) is 0 Å². The third-order valence-corrected chi connectivity index (χ3v) is 5.49. The van der Waals surface area contributed by atoms with Gasteiger partial charge in [0.1, 0.15) is 11.9 Å². The maximum absolute atomic E-state index is 12.4. The molecule has 1 aromatic carbocycles. The van der Waals surface area contributed by atoms with Crippen LogP contribution in [0, 0.1) is 11.8 Å². The van der Waals surface area contributed by atoms with Crippen molar-refractivity contribution in [3.05, 3.63) is 35.9 Å². The van der Waals surface area contributed by atoms with Gasteiger partial charge in [-0.05, 0) is 25.0 Å². The van der Waals surface area contributed by atoms with E-state index in [0.717, 1.165) is 19.3 Å². The van der Waals surface area contributed by atoms with E-state index in [2.05, 4.69) is 6.92 Å². The molecule has 0 aliphatic heterocycles. The second kappa shape index (κ2) is 11.0. The molecule has 1 aliphatic rings. The normalized spacial score (nSPS) is 24.1. The Kier molecular flexibility index (Phi) is 8.64. The summed E-state index contributed by atoms with van der Waals surface area (Å²) < 4.78 is 5.62. The first-order chi connectivity index (χ1) is 13.4. The molecule has 1 aliphatic carbocycles. The van der Waals surface area contributed by atoms with Gasteiger partial charge >= 0.3 is 11.9 Å². The zero-order chi connectivity index (χ0) is 20.5. The van der Waals surface area contributed by atoms with Crippen LogP contribution < -0.4 is 0 Å². The maximum atomic E-state index is 12.4. The van der Waals surface area contributed by atoms with Crippen molar-refractivity contribution in [3.8, 4) is 0 Å². The molecule has 0 amide bonds. The molecule has 6 nitrogen and oxygen atoms in total. The number of hydrogen-bond donors (Lipinski definition) is 2. The number of esters is 1. The van der Waals surface area contributed by atoms with Crippen molar-refractivity contribution in [3.63, 3.8) is 0 Å². The molecule has 1 aromatic rings. The van der Waals surface area contributed by atoms with E-state index in [1.165, 1.54) is 0 Å². The van der Waals surface area contributed by atoms with Crippen molar-refractivity contribution >= 4 is 17.7 Å². The van der Waals surface area contributed by atoms with E-state index >= 15 is 0 Å². The minimum absolute atomic E-state index is 0.136. The van der Waals surface area contributed by atoms with E-state index in [1.807, 2.05) is 0 Å². The molecule has 0 heterocycles. The molecule has 0 spiro atoms. The van der Waals surface area contributed by atoms with Gasteiger partial charge in [0.25, 0.3) is 0 Å². The SMILES string of the molecule is CCCCCC(=O)CC[C@H]1[C@H](CC(=O)O)[C@H](O)C[C@@H]1OC(=O)c1ccccc1. The van der Waals surface area contributed by atoms with E-state index < -0.39 is 30.1 Å². The van der Waals surface area contributed by atoms with Gasteiger partial charge in [-0.25, -0.2) is 4.79 Å². The van der Waals surface area contributed by atoms with E-state index in [-0.39, 0.29) is 24.5 Å². The number of aliphatic carboxylic acids is 1. The lowest BCUT2D eigenvalue weighted by atomic mass is 9.86. The van der Waals surface area contributed by atoms with Gasteiger partial charge in [0, 0.05) is 31.1 Å². The molecular weight excluding hydrogens is 360 g/mol. The van der Waals surface area contributed by atoms with Gasteiger partial charge in [-0.1, -0.05) is 38.0 Å². The Balaban J connectivity index is 2.03. The highest BCUT2D eigenvalue weighted by molar-refractivity contribution is 5.89. The summed E-state index contributed by atoms with van der Waals surface area (Å²) in [6.45, 7) is 2.08. The Hall–Kier alpha value is -2.21. The Morgan fingerprint density at radius 1 is 1.07 bits per heavy atom. The number of Topliss-reactive ketones (excluding diaryl/α,β-unsaturated/α-hetero) is 1. The number of carbonyl (C=O) groups is 3. The summed E-state index contributed by atoms with van der Waals surface area (Å²) in [5.41, 5.74) is 0.410. The van der Waals surface area contributed by atoms with Crippen LogP contribution in [0.4, 0.5) is 0 Å². The molecule has 0 saturated heterocycles. The van der Waals surface area contributed by atoms with Crippen LogP contribution in [0.3, 0.4) is 0 Å². The van der Waals surface area contributed by atoms with Gasteiger partial charge in [-0.15, -0.1) is 0 Å². The molecule has 2 N–H and O–H groups in total. The number of unbranched alkanes of at least 4 members (excludes halogenated alkanes) is 2. The largest absolute Gasteiger partial charge is 0.481 e. The molecule has 0 aromatic heterocycles. The standard InChI is InChI=1S/C22H30O6/c1-2-3-5-10-16(23)11-12-17-18(13-21(25)26)19(24)14-20(17)28-22(27)15-8-6-4-7-9-15/h4,6-9,17-20,24H,2-3,5,10-14H2,1H3,(H,25,26)/t17-,18-,19+,20-/m0/s1. The van der Waals surface area contributed by atoms with Crippen LogP contribution in [0.5, 0.6) is 0 Å². The van der Waals surface area contributed by atoms with E-state index in [9.17, 15) is 24.6 Å². The van der Waals surface area contributed by atoms with Gasteiger partial charge in [0.05, 0.1) is 18.1 Å². The van der Waals surface area contributed by atoms with Gasteiger partial charge in [0.15, 0.2) is 0 Å². The van der Waals surface area contributed by atoms with Crippen molar-refractivity contribution in [2.45, 2.75) is 70.5 Å². The predicted octanol–water partition coefficient (Wildman–Crippen LogP) is 3.61. The summed E-state index contributed by atoms with van der Waals surface area (Å²) in [4.78, 5) is 35.8. The number of ether oxygens (including phenoxy) is 1. The average molecular weight is 390 g/mol. The van der Waals surface area contributed by atoms with E-state index in [0.29, 0.717) is 24.8 Å². The van der Waals surface area contributed by atoms with Crippen molar-refractivity contribution in [2.24, 2.45) is 11.8 Å². The molecule has 1 fully saturated rings. The third kappa shape index (κ3) is 6.44. The molecule has 28 heavy (non-hydrogen) atoms. The lowest BCUT2D eigenvalue weighted by Gasteiger charge is -2.24. The van der Waals surface area contributed by atoms with Crippen LogP contribution >= 0.6 is 0 Å². The zero-order valence-electron chi connectivity index (χ0n) is 16.4. The fraction of sp³-hybridized carbons (Fsp3) is 0.591. The first kappa shape index (κ1) is 22.1. The topological polar surface area (TPSA) is 101 Å². The highest BCUT2D eigenvalue weighted by Crippen LogP contribution is 2.40. The molecule has 0 bridgehead atoms. The number of rotatable bonds is 11. The summed E-state index contributed by atoms with van der Waals surface area (Å²) in [5, 5.41) is 19.6. The number of carboxylic acid groups (broad SMARTS) is 1. The highest BCUT2D eigenvalue weighted by Gasteiger charge is 2.45. The number of hydrogen-bond acceptors (Lipinski definition) is 5. The molecule has 4 atom stereocenters. The Labute approximate surface area is 165 Å². The van der Waals surface area contributed by atoms with Gasteiger partial charge in [-0.3, -0.25) is 9.59 Å². The number of carboxylic acids is 1. The molecule has 154 valence electrons. The quantitative estimate of drug-likeness (QED) is 0.442. The van der Waals surface area contributed by atoms with Gasteiger partial charge < -0.3 is 14.9 Å². The predicted molar refractivity (Wildman–Crippen MR) is 104 cm³/mol. The molecular formula is C22H30O6. The fourth-order valence-electron chi connectivity index (χ4n) is 3.98. The Morgan fingerprint density at radius 2 is 1.79 bits per heavy atom. The van der Waals surface area contributed by atoms with Crippen LogP contribution in [-0.2, 0) is 14.3 Å². The summed E-state index contributed by atoms with van der Waals surface area (Å²) in [5.74, 6) is -2.22. The molecule has 0 unspecified atom stereocenters. The highest BCUT2D eigenvalue weighted by atomic mass is 16.5. The van der Waals surface area contributed by atoms with E-state index in [1.54, 1.807) is 30.3 Å². The van der Waals surface area contributed by atoms with E-state index in [4.69, 9.17) is 4.74 Å². The molecule has 2 rings (SSSR count). The van der Waals surface area contributed by atoms with Crippen LogP contribution in [0.1, 0.15) is 68.6 Å². The van der Waals surface area contributed by atoms with Crippen molar-refractivity contribution in [1.82, 2.24) is 0 Å². The first-order valence-electron chi connectivity index (χ1n) is 10.1. The minimum Gasteiger partial charge on any atom is -0.481 e. The number of carbonyl (C=O) groups excluding carboxylic acids is 2. The average Bonchev–Trinajstić information content (AvgIpc) is 2.95. The number of ketones is 1. The number of aliphatic hydroxyl groups is 1. The summed E-state index contributed by atoms with van der Waals surface area (Å²) in [6.07, 6.45) is 2.71. The zero-order valence-corrected chi connectivity index (χ0v) is 16.4. The molecule has 1 saturated carbocycles. The smallest absolute Gasteiger partial charge is 0.338 e. The van der Waals surface area contributed by atoms with Crippen LogP contribution in [-0.4, -0.2) is 40.1 Å². The van der Waals surface area contributed by atoms with Crippen molar-refractivity contribution < 1.29 is 29.3 Å². The molecule has 6 heteroatoms. The van der Waals surface area contributed by atoms with Gasteiger partial charge in [0.2, 0.25) is 0 Å². The Morgan fingerprint density at radius 3 is 2.43 bits per heavy atom. The van der Waals surface area contributed by atoms with Crippen LogP contribution in [0.25, 0.3) is 0 Å². The number of aliphatic hydroxyl groups excluding tert-OH is 1. The third-order valence-electron chi connectivity index (χ3n) is 5.49. The summed E-state index contributed by atoms with van der Waals surface area (Å²) >= 11 is 0. The lowest BCUT2D eigenvalue weighted by molar-refractivity contribution is -0.139. The first-order valence-corrected chi connectivity index (χ1v) is 10.1. The second-order valence-electron chi connectivity index (χ2n) is 7.57. The van der Waals surface area contributed by atoms with Crippen LogP contribution in [0.2, 0.25) is 0 Å². The lowest BCUT2D eigenvalue weighted by Crippen LogP contribution is -2.28. The minimum atomic E-state index is -1.00. The molecule has 0 radical (unpaired) electrons. The fourth-order valence-corrected chi connectivity index (χ4v) is 3.98. The summed E-state index contributed by atoms with van der Waals surface area (Å²) in [6, 6.07) is 8.56. The van der Waals surface area contributed by atoms with Crippen molar-refractivity contribution in [1.29, 1.82) is 0 Å². The summed E-state index contributed by atoms with van der Waals surface area (Å²) in [7, 11) is 0. The second-order valence-corrected chi connectivity index (χ2v) is 7.57. The monoisotopic (exact) mass is 390 g/mol. The Bertz CT molecular complexity index is 656. The number of benzene rings is 1. The maximum Gasteiger partial charge on any atom is 0.338 e. The van der Waals surface area contributed by atoms with Crippen molar-refractivity contribution in [2.75, 3.05) is 0 Å². The van der Waals surface area contributed by atoms with Crippen LogP contribution in [0.15, 0.2) is 30.3 Å².